The first-order valence-electron chi connectivity index (χ1n) is 12.0. The summed E-state index contributed by atoms with van der Waals surface area (Å²) in [7, 11) is 0. The molecule has 0 atom stereocenters. The summed E-state index contributed by atoms with van der Waals surface area (Å²) in [4.78, 5) is 23.8. The lowest BCUT2D eigenvalue weighted by Crippen LogP contribution is -2.41. The van der Waals surface area contributed by atoms with Crippen molar-refractivity contribution in [2.24, 2.45) is 0 Å². The highest BCUT2D eigenvalue weighted by molar-refractivity contribution is 5.94. The van der Waals surface area contributed by atoms with Gasteiger partial charge in [0, 0.05) is 55.3 Å². The number of carbonyl (C=O) groups excluding carboxylic acids is 1. The zero-order valence-electron chi connectivity index (χ0n) is 20.4. The molecule has 4 aromatic rings. The molecule has 2 aromatic heterocycles. The first-order valence-corrected chi connectivity index (χ1v) is 12.0. The fraction of sp³-hybridized carbons (Fsp3) is 0.296. The second kappa shape index (κ2) is 10.4. The van der Waals surface area contributed by atoms with Gasteiger partial charge in [0.1, 0.15) is 11.5 Å². The molecule has 8 nitrogen and oxygen atoms in total. The van der Waals surface area contributed by atoms with Crippen molar-refractivity contribution in [1.29, 1.82) is 0 Å². The van der Waals surface area contributed by atoms with Crippen LogP contribution >= 0.6 is 0 Å². The van der Waals surface area contributed by atoms with Crippen LogP contribution in [0.4, 0.5) is 16.0 Å². The molecule has 9 heteroatoms. The van der Waals surface area contributed by atoms with E-state index in [-0.39, 0.29) is 5.56 Å². The monoisotopic (exact) mass is 488 g/mol. The van der Waals surface area contributed by atoms with Crippen LogP contribution in [0.1, 0.15) is 21.5 Å². The highest BCUT2D eigenvalue weighted by Crippen LogP contribution is 2.23. The largest absolute Gasteiger partial charge is 0.379 e. The minimum absolute atomic E-state index is 0.0175. The van der Waals surface area contributed by atoms with Gasteiger partial charge in [-0.3, -0.25) is 9.69 Å². The summed E-state index contributed by atoms with van der Waals surface area (Å²) in [5.74, 6) is -0.560. The Morgan fingerprint density at radius 3 is 2.69 bits per heavy atom. The quantitative estimate of drug-likeness (QED) is 0.409. The van der Waals surface area contributed by atoms with Crippen molar-refractivity contribution in [2.75, 3.05) is 44.7 Å². The number of hydrogen-bond donors (Lipinski definition) is 2. The van der Waals surface area contributed by atoms with Crippen LogP contribution < -0.4 is 10.6 Å². The SMILES string of the molecule is Cc1ccc(Nc2ncc3ccn(-c4ccc(C(=O)NCCN5CCOCC5)c(F)c4)c3n2)cc1C. The van der Waals surface area contributed by atoms with Crippen LogP contribution in [-0.2, 0) is 4.74 Å². The highest BCUT2D eigenvalue weighted by atomic mass is 19.1. The number of carbonyl (C=O) groups is 1. The molecular formula is C27H29FN6O2. The molecule has 0 saturated carbocycles. The lowest BCUT2D eigenvalue weighted by atomic mass is 10.1. The van der Waals surface area contributed by atoms with E-state index in [0.717, 1.165) is 24.2 Å². The molecule has 5 rings (SSSR count). The Bertz CT molecular complexity index is 1400. The third kappa shape index (κ3) is 5.22. The van der Waals surface area contributed by atoms with Gasteiger partial charge in [-0.1, -0.05) is 6.07 Å². The van der Waals surface area contributed by atoms with Crippen molar-refractivity contribution in [1.82, 2.24) is 24.8 Å². The number of hydrogen-bond acceptors (Lipinski definition) is 6. The van der Waals surface area contributed by atoms with Gasteiger partial charge in [0.25, 0.3) is 5.91 Å². The molecule has 0 spiro atoms. The van der Waals surface area contributed by atoms with Crippen LogP contribution in [0.3, 0.4) is 0 Å². The van der Waals surface area contributed by atoms with Crippen molar-refractivity contribution in [2.45, 2.75) is 13.8 Å². The summed E-state index contributed by atoms with van der Waals surface area (Å²) >= 11 is 0. The van der Waals surface area contributed by atoms with Crippen LogP contribution in [0.5, 0.6) is 0 Å². The molecule has 2 aromatic carbocycles. The Morgan fingerprint density at radius 1 is 1.08 bits per heavy atom. The molecule has 36 heavy (non-hydrogen) atoms. The van der Waals surface area contributed by atoms with Crippen molar-refractivity contribution < 1.29 is 13.9 Å². The average molecular weight is 489 g/mol. The van der Waals surface area contributed by atoms with Gasteiger partial charge in [-0.05, 0) is 61.4 Å². The lowest BCUT2D eigenvalue weighted by molar-refractivity contribution is 0.0383. The Morgan fingerprint density at radius 2 is 1.92 bits per heavy atom. The van der Waals surface area contributed by atoms with Crippen LogP contribution in [0.15, 0.2) is 54.9 Å². The standard InChI is InChI=1S/C27H29FN6O2/c1-18-3-4-21(15-19(18)2)31-27-30-17-20-7-9-34(25(20)32-27)22-5-6-23(24(28)16-22)26(35)29-8-10-33-11-13-36-14-12-33/h3-7,9,15-17H,8,10-14H2,1-2H3,(H,29,35)(H,30,31,32). The minimum atomic E-state index is -0.583. The van der Waals surface area contributed by atoms with Gasteiger partial charge in [-0.2, -0.15) is 4.98 Å². The maximum atomic E-state index is 15.0. The van der Waals surface area contributed by atoms with Gasteiger partial charge < -0.3 is 19.9 Å². The number of fused-ring (bicyclic) bond motifs is 1. The number of halogens is 1. The van der Waals surface area contributed by atoms with Gasteiger partial charge in [0.05, 0.1) is 18.8 Å². The van der Waals surface area contributed by atoms with Gasteiger partial charge in [-0.25, -0.2) is 9.37 Å². The van der Waals surface area contributed by atoms with Crippen molar-refractivity contribution in [3.63, 3.8) is 0 Å². The predicted octanol–water partition coefficient (Wildman–Crippen LogP) is 3.98. The number of ether oxygens (including phenoxy) is 1. The molecule has 1 aliphatic rings. The minimum Gasteiger partial charge on any atom is -0.379 e. The summed E-state index contributed by atoms with van der Waals surface area (Å²) in [5.41, 5.74) is 4.50. The number of nitrogens with zero attached hydrogens (tertiary/aromatic N) is 4. The third-order valence-corrected chi connectivity index (χ3v) is 6.48. The van der Waals surface area contributed by atoms with Crippen LogP contribution in [0, 0.1) is 19.7 Å². The molecule has 0 aliphatic carbocycles. The number of aromatic nitrogens is 3. The van der Waals surface area contributed by atoms with E-state index in [9.17, 15) is 9.18 Å². The summed E-state index contributed by atoms with van der Waals surface area (Å²) in [6, 6.07) is 12.5. The number of anilines is 2. The van der Waals surface area contributed by atoms with E-state index < -0.39 is 11.7 Å². The number of morpholine rings is 1. The molecule has 186 valence electrons. The van der Waals surface area contributed by atoms with Crippen molar-refractivity contribution in [3.05, 3.63) is 77.4 Å². The van der Waals surface area contributed by atoms with Crippen LogP contribution in [-0.4, -0.2) is 64.7 Å². The Kier molecular flexibility index (Phi) is 6.92. The average Bonchev–Trinajstić information content (AvgIpc) is 3.30. The third-order valence-electron chi connectivity index (χ3n) is 6.48. The van der Waals surface area contributed by atoms with Crippen molar-refractivity contribution in [3.8, 4) is 5.69 Å². The second-order valence-corrected chi connectivity index (χ2v) is 8.96. The molecule has 1 amide bonds. The zero-order valence-corrected chi connectivity index (χ0v) is 20.4. The molecule has 0 bridgehead atoms. The highest BCUT2D eigenvalue weighted by Gasteiger charge is 2.16. The van der Waals surface area contributed by atoms with E-state index in [1.165, 1.54) is 23.3 Å². The van der Waals surface area contributed by atoms with E-state index >= 15 is 0 Å². The van der Waals surface area contributed by atoms with Gasteiger partial charge in [0.2, 0.25) is 5.95 Å². The molecule has 3 heterocycles. The number of aryl methyl sites for hydroxylation is 2. The number of benzene rings is 2. The number of amides is 1. The van der Waals surface area contributed by atoms with Gasteiger partial charge in [-0.15, -0.1) is 0 Å². The van der Waals surface area contributed by atoms with Crippen molar-refractivity contribution >= 4 is 28.6 Å². The fourth-order valence-corrected chi connectivity index (χ4v) is 4.22. The van der Waals surface area contributed by atoms with E-state index in [2.05, 4.69) is 39.3 Å². The number of nitrogens with one attached hydrogen (secondary N) is 2. The summed E-state index contributed by atoms with van der Waals surface area (Å²) in [6.07, 6.45) is 3.55. The Hall–Kier alpha value is -3.82. The smallest absolute Gasteiger partial charge is 0.254 e. The molecule has 1 saturated heterocycles. The van der Waals surface area contributed by atoms with Gasteiger partial charge in [0.15, 0.2) is 0 Å². The van der Waals surface area contributed by atoms with E-state index in [1.54, 1.807) is 16.8 Å². The summed E-state index contributed by atoms with van der Waals surface area (Å²) in [6.45, 7) is 8.37. The maximum Gasteiger partial charge on any atom is 0.254 e. The molecule has 0 radical (unpaired) electrons. The molecular weight excluding hydrogens is 459 g/mol. The van der Waals surface area contributed by atoms with E-state index in [1.807, 2.05) is 30.5 Å². The Balaban J connectivity index is 1.31. The predicted molar refractivity (Wildman–Crippen MR) is 138 cm³/mol. The summed E-state index contributed by atoms with van der Waals surface area (Å²) in [5, 5.41) is 6.88. The van der Waals surface area contributed by atoms with E-state index in [0.29, 0.717) is 43.6 Å². The summed E-state index contributed by atoms with van der Waals surface area (Å²) < 4.78 is 22.1. The first kappa shape index (κ1) is 23.9. The molecule has 0 unspecified atom stereocenters. The topological polar surface area (TPSA) is 84.3 Å². The maximum absolute atomic E-state index is 15.0. The van der Waals surface area contributed by atoms with E-state index in [4.69, 9.17) is 4.74 Å². The Labute approximate surface area is 209 Å². The first-order chi connectivity index (χ1) is 17.5. The van der Waals surface area contributed by atoms with Crippen LogP contribution in [0.25, 0.3) is 16.7 Å². The molecule has 2 N–H and O–H groups in total. The molecule has 1 fully saturated rings. The fourth-order valence-electron chi connectivity index (χ4n) is 4.22. The lowest BCUT2D eigenvalue weighted by Gasteiger charge is -2.26. The van der Waals surface area contributed by atoms with Crippen LogP contribution in [0.2, 0.25) is 0 Å². The number of rotatable bonds is 7. The second-order valence-electron chi connectivity index (χ2n) is 8.96. The zero-order chi connectivity index (χ0) is 25.1. The molecule has 1 aliphatic heterocycles. The van der Waals surface area contributed by atoms with Gasteiger partial charge >= 0.3 is 0 Å². The normalized spacial score (nSPS) is 14.2.